The summed E-state index contributed by atoms with van der Waals surface area (Å²) in [5.41, 5.74) is 6.82. The Labute approximate surface area is 102 Å². The smallest absolute Gasteiger partial charge is 0.186 e. The first-order valence-corrected chi connectivity index (χ1v) is 6.86. The molecule has 1 fully saturated rings. The van der Waals surface area contributed by atoms with Crippen molar-refractivity contribution < 1.29 is 0 Å². The molecule has 0 unspecified atom stereocenters. The Morgan fingerprint density at radius 2 is 2.19 bits per heavy atom. The third-order valence-electron chi connectivity index (χ3n) is 2.86. The van der Waals surface area contributed by atoms with Gasteiger partial charge in [0, 0.05) is 24.0 Å². The van der Waals surface area contributed by atoms with E-state index in [1.165, 1.54) is 22.9 Å². The summed E-state index contributed by atoms with van der Waals surface area (Å²) in [6.07, 6.45) is 2.65. The molecule has 2 N–H and O–H groups in total. The number of nitrogens with two attached hydrogens (primary N) is 1. The lowest BCUT2D eigenvalue weighted by Gasteiger charge is -2.23. The first kappa shape index (κ1) is 11.9. The van der Waals surface area contributed by atoms with Crippen molar-refractivity contribution in [3.63, 3.8) is 0 Å². The topological polar surface area (TPSA) is 42.2 Å². The Morgan fingerprint density at radius 3 is 2.62 bits per heavy atom. The van der Waals surface area contributed by atoms with Gasteiger partial charge in [-0.25, -0.2) is 4.98 Å². The highest BCUT2D eigenvalue weighted by Crippen LogP contribution is 2.35. The van der Waals surface area contributed by atoms with Gasteiger partial charge in [-0.1, -0.05) is 13.8 Å². The Balaban J connectivity index is 2.17. The molecule has 3 nitrogen and oxygen atoms in total. The average Bonchev–Trinajstić information content (AvgIpc) is 2.98. The molecule has 1 saturated carbocycles. The minimum atomic E-state index is 0.615. The van der Waals surface area contributed by atoms with Crippen LogP contribution in [0.5, 0.6) is 0 Å². The van der Waals surface area contributed by atoms with Crippen molar-refractivity contribution in [3.8, 4) is 0 Å². The first-order valence-electron chi connectivity index (χ1n) is 6.04. The average molecular weight is 239 g/mol. The van der Waals surface area contributed by atoms with E-state index in [0.29, 0.717) is 12.5 Å². The molecule has 0 bridgehead atoms. The van der Waals surface area contributed by atoms with Gasteiger partial charge in [-0.05, 0) is 25.7 Å². The number of rotatable bonds is 5. The summed E-state index contributed by atoms with van der Waals surface area (Å²) < 4.78 is 0. The monoisotopic (exact) mass is 239 g/mol. The van der Waals surface area contributed by atoms with Crippen LogP contribution in [-0.4, -0.2) is 17.6 Å². The maximum Gasteiger partial charge on any atom is 0.186 e. The van der Waals surface area contributed by atoms with Crippen LogP contribution < -0.4 is 10.6 Å². The maximum absolute atomic E-state index is 5.71. The molecule has 0 radical (unpaired) electrons. The fraction of sp³-hybridized carbons (Fsp3) is 0.750. The Morgan fingerprint density at radius 1 is 1.50 bits per heavy atom. The van der Waals surface area contributed by atoms with Crippen LogP contribution >= 0.6 is 11.3 Å². The van der Waals surface area contributed by atoms with E-state index in [2.05, 4.69) is 30.7 Å². The van der Waals surface area contributed by atoms with Crippen LogP contribution in [0.3, 0.4) is 0 Å². The molecule has 0 spiro atoms. The second-order valence-electron chi connectivity index (χ2n) is 4.99. The number of nitrogens with zero attached hydrogens (tertiary/aromatic N) is 2. The molecular formula is C12H21N3S. The van der Waals surface area contributed by atoms with E-state index in [-0.39, 0.29) is 0 Å². The third-order valence-corrected chi connectivity index (χ3v) is 4.08. The van der Waals surface area contributed by atoms with Crippen LogP contribution in [0.2, 0.25) is 0 Å². The van der Waals surface area contributed by atoms with Crippen molar-refractivity contribution >= 4 is 16.5 Å². The van der Waals surface area contributed by atoms with E-state index in [0.717, 1.165) is 18.3 Å². The molecule has 90 valence electrons. The van der Waals surface area contributed by atoms with Gasteiger partial charge >= 0.3 is 0 Å². The molecule has 2 rings (SSSR count). The zero-order valence-electron chi connectivity index (χ0n) is 10.4. The summed E-state index contributed by atoms with van der Waals surface area (Å²) in [6, 6.07) is 0.735. The van der Waals surface area contributed by atoms with Gasteiger partial charge in [0.2, 0.25) is 0 Å². The lowest BCUT2D eigenvalue weighted by atomic mass is 10.2. The number of aryl methyl sites for hydroxylation is 1. The van der Waals surface area contributed by atoms with Crippen LogP contribution in [0.1, 0.15) is 37.3 Å². The Kier molecular flexibility index (Phi) is 3.50. The van der Waals surface area contributed by atoms with E-state index in [9.17, 15) is 0 Å². The highest BCUT2D eigenvalue weighted by atomic mass is 32.1. The summed E-state index contributed by atoms with van der Waals surface area (Å²) in [6.45, 7) is 8.31. The summed E-state index contributed by atoms with van der Waals surface area (Å²) >= 11 is 1.77. The fourth-order valence-corrected chi connectivity index (χ4v) is 2.91. The van der Waals surface area contributed by atoms with Crippen molar-refractivity contribution in [1.82, 2.24) is 4.98 Å². The molecule has 0 aromatic carbocycles. The summed E-state index contributed by atoms with van der Waals surface area (Å²) in [5.74, 6) is 0.686. The predicted molar refractivity (Wildman–Crippen MR) is 69.9 cm³/mol. The zero-order chi connectivity index (χ0) is 11.7. The second kappa shape index (κ2) is 4.72. The van der Waals surface area contributed by atoms with Gasteiger partial charge in [0.05, 0.1) is 5.69 Å². The van der Waals surface area contributed by atoms with Gasteiger partial charge in [-0.2, -0.15) is 0 Å². The van der Waals surface area contributed by atoms with Crippen LogP contribution in [0, 0.1) is 12.8 Å². The van der Waals surface area contributed by atoms with Gasteiger partial charge in [0.1, 0.15) is 0 Å². The number of thiazole rings is 1. The molecule has 1 aliphatic carbocycles. The minimum absolute atomic E-state index is 0.615. The van der Waals surface area contributed by atoms with Gasteiger partial charge < -0.3 is 10.6 Å². The van der Waals surface area contributed by atoms with Crippen LogP contribution in [0.15, 0.2) is 0 Å². The maximum atomic E-state index is 5.71. The molecule has 16 heavy (non-hydrogen) atoms. The number of hydrogen-bond donors (Lipinski definition) is 1. The van der Waals surface area contributed by atoms with Gasteiger partial charge in [-0.15, -0.1) is 11.3 Å². The first-order chi connectivity index (χ1) is 7.61. The van der Waals surface area contributed by atoms with Gasteiger partial charge in [0.15, 0.2) is 5.13 Å². The Hall–Kier alpha value is -0.610. The molecule has 1 heterocycles. The summed E-state index contributed by atoms with van der Waals surface area (Å²) in [5, 5.41) is 1.18. The van der Waals surface area contributed by atoms with Crippen molar-refractivity contribution in [1.29, 1.82) is 0 Å². The van der Waals surface area contributed by atoms with E-state index in [4.69, 9.17) is 5.73 Å². The molecule has 1 aliphatic rings. The molecular weight excluding hydrogens is 218 g/mol. The van der Waals surface area contributed by atoms with E-state index < -0.39 is 0 Å². The van der Waals surface area contributed by atoms with Gasteiger partial charge in [0.25, 0.3) is 0 Å². The molecule has 0 amide bonds. The van der Waals surface area contributed by atoms with Crippen LogP contribution in [0.4, 0.5) is 5.13 Å². The normalized spacial score (nSPS) is 15.8. The van der Waals surface area contributed by atoms with Crippen LogP contribution in [0.25, 0.3) is 0 Å². The molecule has 4 heteroatoms. The molecule has 1 aromatic rings. The second-order valence-corrected chi connectivity index (χ2v) is 6.05. The quantitative estimate of drug-likeness (QED) is 0.858. The molecule has 0 saturated heterocycles. The summed E-state index contributed by atoms with van der Waals surface area (Å²) in [4.78, 5) is 8.36. The van der Waals surface area contributed by atoms with Gasteiger partial charge in [-0.3, -0.25) is 0 Å². The zero-order valence-corrected chi connectivity index (χ0v) is 11.2. The van der Waals surface area contributed by atoms with E-state index in [1.807, 2.05) is 0 Å². The largest absolute Gasteiger partial charge is 0.345 e. The number of anilines is 1. The predicted octanol–water partition coefficient (Wildman–Crippen LogP) is 2.54. The van der Waals surface area contributed by atoms with Crippen molar-refractivity contribution in [2.24, 2.45) is 11.7 Å². The van der Waals surface area contributed by atoms with Crippen molar-refractivity contribution in [3.05, 3.63) is 10.6 Å². The van der Waals surface area contributed by atoms with E-state index in [1.54, 1.807) is 11.3 Å². The Bertz CT molecular complexity index is 355. The third kappa shape index (κ3) is 2.55. The minimum Gasteiger partial charge on any atom is -0.345 e. The van der Waals surface area contributed by atoms with Crippen molar-refractivity contribution in [2.45, 2.75) is 46.2 Å². The fourth-order valence-electron chi connectivity index (χ4n) is 1.89. The van der Waals surface area contributed by atoms with Crippen LogP contribution in [-0.2, 0) is 6.54 Å². The molecule has 1 aromatic heterocycles. The van der Waals surface area contributed by atoms with E-state index >= 15 is 0 Å². The lowest BCUT2D eigenvalue weighted by Crippen LogP contribution is -2.29. The van der Waals surface area contributed by atoms with Crippen molar-refractivity contribution in [2.75, 3.05) is 11.4 Å². The highest BCUT2D eigenvalue weighted by Gasteiger charge is 2.31. The molecule has 0 atom stereocenters. The molecule has 0 aliphatic heterocycles. The SMILES string of the molecule is Cc1nc(N(CC(C)C)C2CC2)sc1CN. The number of hydrogen-bond acceptors (Lipinski definition) is 4. The highest BCUT2D eigenvalue weighted by molar-refractivity contribution is 7.15. The lowest BCUT2D eigenvalue weighted by molar-refractivity contribution is 0.606. The number of aromatic nitrogens is 1. The summed E-state index contributed by atoms with van der Waals surface area (Å²) in [7, 11) is 0. The standard InChI is InChI=1S/C12H21N3S/c1-8(2)7-15(10-4-5-10)12-14-9(3)11(6-13)16-12/h8,10H,4-7,13H2,1-3H3.